The number of rotatable bonds is 5. The maximum atomic E-state index is 10.4. The second kappa shape index (κ2) is 5.68. The molecular formula is C13H18N2O2. The SMILES string of the molecule is O=C(O)CCNC1CCN(c2ccccc2)C1. The summed E-state index contributed by atoms with van der Waals surface area (Å²) < 4.78 is 0. The average molecular weight is 234 g/mol. The zero-order valence-corrected chi connectivity index (χ0v) is 9.80. The molecule has 1 saturated heterocycles. The van der Waals surface area contributed by atoms with E-state index in [-0.39, 0.29) is 6.42 Å². The number of benzene rings is 1. The van der Waals surface area contributed by atoms with Crippen LogP contribution in [0, 0.1) is 0 Å². The van der Waals surface area contributed by atoms with Crippen molar-refractivity contribution >= 4 is 11.7 Å². The van der Waals surface area contributed by atoms with Crippen molar-refractivity contribution in [3.8, 4) is 0 Å². The summed E-state index contributed by atoms with van der Waals surface area (Å²) in [5, 5.41) is 11.9. The summed E-state index contributed by atoms with van der Waals surface area (Å²) in [5.41, 5.74) is 1.25. The van der Waals surface area contributed by atoms with Crippen LogP contribution in [0.2, 0.25) is 0 Å². The molecule has 2 rings (SSSR count). The highest BCUT2D eigenvalue weighted by Crippen LogP contribution is 2.19. The van der Waals surface area contributed by atoms with Crippen LogP contribution in [0.4, 0.5) is 5.69 Å². The molecule has 4 heteroatoms. The Balaban J connectivity index is 1.78. The minimum absolute atomic E-state index is 0.196. The third-order valence-electron chi connectivity index (χ3n) is 3.08. The smallest absolute Gasteiger partial charge is 0.304 e. The van der Waals surface area contributed by atoms with E-state index in [0.717, 1.165) is 19.5 Å². The number of carboxylic acids is 1. The first-order valence-corrected chi connectivity index (χ1v) is 6.01. The van der Waals surface area contributed by atoms with Crippen LogP contribution in [-0.4, -0.2) is 36.8 Å². The molecule has 0 spiro atoms. The molecule has 1 unspecified atom stereocenters. The Morgan fingerprint density at radius 2 is 2.18 bits per heavy atom. The average Bonchev–Trinajstić information content (AvgIpc) is 2.78. The number of carbonyl (C=O) groups is 1. The van der Waals surface area contributed by atoms with E-state index < -0.39 is 5.97 Å². The Bertz CT molecular complexity index is 367. The topological polar surface area (TPSA) is 52.6 Å². The zero-order valence-electron chi connectivity index (χ0n) is 9.80. The van der Waals surface area contributed by atoms with E-state index in [1.165, 1.54) is 5.69 Å². The fourth-order valence-electron chi connectivity index (χ4n) is 2.18. The normalized spacial score (nSPS) is 19.5. The Hall–Kier alpha value is -1.55. The molecule has 1 aromatic rings. The number of aliphatic carboxylic acids is 1. The number of carboxylic acid groups (broad SMARTS) is 1. The third kappa shape index (κ3) is 3.46. The molecule has 1 aliphatic rings. The lowest BCUT2D eigenvalue weighted by molar-refractivity contribution is -0.136. The van der Waals surface area contributed by atoms with Gasteiger partial charge in [0.25, 0.3) is 0 Å². The van der Waals surface area contributed by atoms with Gasteiger partial charge >= 0.3 is 5.97 Å². The van der Waals surface area contributed by atoms with Gasteiger partial charge in [0.15, 0.2) is 0 Å². The fraction of sp³-hybridized carbons (Fsp3) is 0.462. The number of anilines is 1. The number of nitrogens with one attached hydrogen (secondary N) is 1. The van der Waals surface area contributed by atoms with E-state index in [9.17, 15) is 4.79 Å². The monoisotopic (exact) mass is 234 g/mol. The first-order chi connectivity index (χ1) is 8.25. The van der Waals surface area contributed by atoms with Crippen LogP contribution in [0.25, 0.3) is 0 Å². The van der Waals surface area contributed by atoms with E-state index in [0.29, 0.717) is 12.6 Å². The second-order valence-electron chi connectivity index (χ2n) is 4.37. The molecule has 0 aromatic heterocycles. The van der Waals surface area contributed by atoms with Crippen molar-refractivity contribution in [3.05, 3.63) is 30.3 Å². The van der Waals surface area contributed by atoms with Gasteiger partial charge in [0.2, 0.25) is 0 Å². The highest BCUT2D eigenvalue weighted by Gasteiger charge is 2.21. The van der Waals surface area contributed by atoms with E-state index in [4.69, 9.17) is 5.11 Å². The first-order valence-electron chi connectivity index (χ1n) is 6.01. The summed E-state index contributed by atoms with van der Waals surface area (Å²) in [6.45, 7) is 2.56. The number of hydrogen-bond acceptors (Lipinski definition) is 3. The van der Waals surface area contributed by atoms with Gasteiger partial charge in [-0.2, -0.15) is 0 Å². The Kier molecular flexibility index (Phi) is 3.98. The van der Waals surface area contributed by atoms with Crippen LogP contribution >= 0.6 is 0 Å². The van der Waals surface area contributed by atoms with Crippen LogP contribution < -0.4 is 10.2 Å². The molecule has 1 aliphatic heterocycles. The van der Waals surface area contributed by atoms with Crippen molar-refractivity contribution in [2.45, 2.75) is 18.9 Å². The van der Waals surface area contributed by atoms with E-state index in [1.807, 2.05) is 18.2 Å². The first kappa shape index (κ1) is 11.9. The van der Waals surface area contributed by atoms with Gasteiger partial charge < -0.3 is 15.3 Å². The predicted octanol–water partition coefficient (Wildman–Crippen LogP) is 1.33. The van der Waals surface area contributed by atoms with Gasteiger partial charge in [0, 0.05) is 31.4 Å². The van der Waals surface area contributed by atoms with Crippen LogP contribution in [0.15, 0.2) is 30.3 Å². The molecule has 0 radical (unpaired) electrons. The van der Waals surface area contributed by atoms with Gasteiger partial charge in [-0.1, -0.05) is 18.2 Å². The van der Waals surface area contributed by atoms with Gasteiger partial charge in [-0.3, -0.25) is 4.79 Å². The maximum Gasteiger partial charge on any atom is 0.304 e. The van der Waals surface area contributed by atoms with Crippen molar-refractivity contribution in [2.75, 3.05) is 24.5 Å². The molecular weight excluding hydrogens is 216 g/mol. The summed E-state index contributed by atoms with van der Waals surface area (Å²) in [4.78, 5) is 12.7. The Labute approximate surface area is 101 Å². The highest BCUT2D eigenvalue weighted by atomic mass is 16.4. The molecule has 92 valence electrons. The van der Waals surface area contributed by atoms with E-state index >= 15 is 0 Å². The molecule has 0 bridgehead atoms. The minimum atomic E-state index is -0.740. The number of hydrogen-bond donors (Lipinski definition) is 2. The molecule has 1 fully saturated rings. The molecule has 1 heterocycles. The third-order valence-corrected chi connectivity index (χ3v) is 3.08. The standard InChI is InChI=1S/C13H18N2O2/c16-13(17)6-8-14-11-7-9-15(10-11)12-4-2-1-3-5-12/h1-5,11,14H,6-10H2,(H,16,17). The zero-order chi connectivity index (χ0) is 12.1. The van der Waals surface area contributed by atoms with E-state index in [1.54, 1.807) is 0 Å². The summed E-state index contributed by atoms with van der Waals surface area (Å²) >= 11 is 0. The van der Waals surface area contributed by atoms with Crippen LogP contribution in [0.3, 0.4) is 0 Å². The van der Waals surface area contributed by atoms with Gasteiger partial charge in [-0.25, -0.2) is 0 Å². The molecule has 17 heavy (non-hydrogen) atoms. The molecule has 1 aromatic carbocycles. The number of para-hydroxylation sites is 1. The van der Waals surface area contributed by atoms with Gasteiger partial charge in [0.1, 0.15) is 0 Å². The van der Waals surface area contributed by atoms with Crippen molar-refractivity contribution < 1.29 is 9.90 Å². The lowest BCUT2D eigenvalue weighted by atomic mass is 10.2. The largest absolute Gasteiger partial charge is 0.481 e. The van der Waals surface area contributed by atoms with Gasteiger partial charge in [0.05, 0.1) is 6.42 Å². The molecule has 0 saturated carbocycles. The second-order valence-corrected chi connectivity index (χ2v) is 4.37. The Morgan fingerprint density at radius 1 is 1.41 bits per heavy atom. The molecule has 0 aliphatic carbocycles. The highest BCUT2D eigenvalue weighted by molar-refractivity contribution is 5.66. The van der Waals surface area contributed by atoms with Gasteiger partial charge in [-0.15, -0.1) is 0 Å². The molecule has 2 N–H and O–H groups in total. The minimum Gasteiger partial charge on any atom is -0.481 e. The van der Waals surface area contributed by atoms with Crippen molar-refractivity contribution in [1.29, 1.82) is 0 Å². The molecule has 0 amide bonds. The van der Waals surface area contributed by atoms with Crippen molar-refractivity contribution in [1.82, 2.24) is 5.32 Å². The summed E-state index contributed by atoms with van der Waals surface area (Å²) in [6, 6.07) is 10.7. The molecule has 1 atom stereocenters. The van der Waals surface area contributed by atoms with Gasteiger partial charge in [-0.05, 0) is 18.6 Å². The fourth-order valence-corrected chi connectivity index (χ4v) is 2.18. The maximum absolute atomic E-state index is 10.4. The van der Waals surface area contributed by atoms with Crippen molar-refractivity contribution in [2.24, 2.45) is 0 Å². The lowest BCUT2D eigenvalue weighted by Crippen LogP contribution is -2.33. The van der Waals surface area contributed by atoms with E-state index in [2.05, 4.69) is 22.3 Å². The summed E-state index contributed by atoms with van der Waals surface area (Å²) in [5.74, 6) is -0.740. The summed E-state index contributed by atoms with van der Waals surface area (Å²) in [7, 11) is 0. The summed E-state index contributed by atoms with van der Waals surface area (Å²) in [6.07, 6.45) is 1.27. The van der Waals surface area contributed by atoms with Crippen LogP contribution in [-0.2, 0) is 4.79 Å². The van der Waals surface area contributed by atoms with Crippen molar-refractivity contribution in [3.63, 3.8) is 0 Å². The lowest BCUT2D eigenvalue weighted by Gasteiger charge is -2.18. The predicted molar refractivity (Wildman–Crippen MR) is 67.3 cm³/mol. The van der Waals surface area contributed by atoms with Crippen LogP contribution in [0.5, 0.6) is 0 Å². The van der Waals surface area contributed by atoms with Crippen LogP contribution in [0.1, 0.15) is 12.8 Å². The number of nitrogens with zero attached hydrogens (tertiary/aromatic N) is 1. The quantitative estimate of drug-likeness (QED) is 0.807. The Morgan fingerprint density at radius 3 is 2.88 bits per heavy atom. The molecule has 4 nitrogen and oxygen atoms in total.